The van der Waals surface area contributed by atoms with Gasteiger partial charge >= 0.3 is 0 Å². The first-order chi connectivity index (χ1) is 7.76. The number of hydrogen-bond acceptors (Lipinski definition) is 3. The Labute approximate surface area is 110 Å². The van der Waals surface area contributed by atoms with Crippen molar-refractivity contribution in [1.29, 1.82) is 0 Å². The third kappa shape index (κ3) is 8.41. The fourth-order valence-corrected chi connectivity index (χ4v) is 1.57. The maximum absolute atomic E-state index is 11.5. The maximum atomic E-state index is 11.5. The van der Waals surface area contributed by atoms with Crippen LogP contribution in [0.2, 0.25) is 0 Å². The highest BCUT2D eigenvalue weighted by atomic mass is 35.5. The molecule has 1 aliphatic rings. The molecule has 0 heterocycles. The Bertz CT molecular complexity index is 211. The van der Waals surface area contributed by atoms with Gasteiger partial charge in [-0.15, -0.1) is 12.4 Å². The SMILES string of the molecule is CCCCC(CN)NC(=O)COCC1CC1.Cl. The van der Waals surface area contributed by atoms with Crippen molar-refractivity contribution in [2.75, 3.05) is 19.8 Å². The van der Waals surface area contributed by atoms with Crippen LogP contribution in [-0.4, -0.2) is 31.7 Å². The molecule has 1 rings (SSSR count). The van der Waals surface area contributed by atoms with E-state index >= 15 is 0 Å². The Morgan fingerprint density at radius 3 is 2.76 bits per heavy atom. The van der Waals surface area contributed by atoms with E-state index in [1.165, 1.54) is 12.8 Å². The number of nitrogens with one attached hydrogen (secondary N) is 1. The summed E-state index contributed by atoms with van der Waals surface area (Å²) in [4.78, 5) is 11.5. The van der Waals surface area contributed by atoms with Crippen molar-refractivity contribution in [2.45, 2.75) is 45.1 Å². The molecule has 0 saturated heterocycles. The molecule has 1 saturated carbocycles. The first kappa shape index (κ1) is 16.7. The van der Waals surface area contributed by atoms with Gasteiger partial charge in [0.2, 0.25) is 5.91 Å². The molecule has 0 aromatic carbocycles. The van der Waals surface area contributed by atoms with E-state index < -0.39 is 0 Å². The summed E-state index contributed by atoms with van der Waals surface area (Å²) in [5.74, 6) is 0.672. The molecule has 0 aromatic rings. The standard InChI is InChI=1S/C12H24N2O2.ClH/c1-2-3-4-11(7-13)14-12(15)9-16-8-10-5-6-10;/h10-11H,2-9,13H2,1H3,(H,14,15);1H. The predicted molar refractivity (Wildman–Crippen MR) is 71.3 cm³/mol. The van der Waals surface area contributed by atoms with E-state index in [-0.39, 0.29) is 31.0 Å². The Morgan fingerprint density at radius 1 is 1.53 bits per heavy atom. The zero-order chi connectivity index (χ0) is 11.8. The predicted octanol–water partition coefficient (Wildman–Crippen LogP) is 1.47. The molecule has 0 bridgehead atoms. The first-order valence-electron chi connectivity index (χ1n) is 6.33. The van der Waals surface area contributed by atoms with Gasteiger partial charge in [0.15, 0.2) is 0 Å². The summed E-state index contributed by atoms with van der Waals surface area (Å²) in [6, 6.07) is 0.108. The Hall–Kier alpha value is -0.320. The number of carbonyl (C=O) groups is 1. The average molecular weight is 265 g/mol. The van der Waals surface area contributed by atoms with Gasteiger partial charge in [-0.05, 0) is 25.2 Å². The van der Waals surface area contributed by atoms with E-state index in [0.717, 1.165) is 25.9 Å². The highest BCUT2D eigenvalue weighted by Gasteiger charge is 2.21. The lowest BCUT2D eigenvalue weighted by Gasteiger charge is -2.16. The molecule has 5 heteroatoms. The summed E-state index contributed by atoms with van der Waals surface area (Å²) in [6.45, 7) is 3.55. The number of ether oxygens (including phenoxy) is 1. The summed E-state index contributed by atoms with van der Waals surface area (Å²) >= 11 is 0. The minimum absolute atomic E-state index is 0. The molecule has 1 amide bonds. The van der Waals surface area contributed by atoms with Crippen molar-refractivity contribution in [3.8, 4) is 0 Å². The molecule has 4 nitrogen and oxygen atoms in total. The van der Waals surface area contributed by atoms with Gasteiger partial charge in [0.05, 0.1) is 6.61 Å². The van der Waals surface area contributed by atoms with E-state index in [0.29, 0.717) is 12.5 Å². The molecule has 1 unspecified atom stereocenters. The lowest BCUT2D eigenvalue weighted by molar-refractivity contribution is -0.126. The molecule has 1 fully saturated rings. The summed E-state index contributed by atoms with van der Waals surface area (Å²) in [6.07, 6.45) is 5.70. The highest BCUT2D eigenvalue weighted by Crippen LogP contribution is 2.28. The minimum atomic E-state index is -0.0350. The van der Waals surface area contributed by atoms with E-state index in [1.54, 1.807) is 0 Å². The first-order valence-corrected chi connectivity index (χ1v) is 6.33. The maximum Gasteiger partial charge on any atom is 0.246 e. The van der Waals surface area contributed by atoms with Gasteiger partial charge in [-0.25, -0.2) is 0 Å². The second-order valence-electron chi connectivity index (χ2n) is 4.60. The second kappa shape index (κ2) is 9.68. The quantitative estimate of drug-likeness (QED) is 0.663. The molecule has 0 radical (unpaired) electrons. The number of halogens is 1. The molecular weight excluding hydrogens is 240 g/mol. The molecule has 17 heavy (non-hydrogen) atoms. The van der Waals surface area contributed by atoms with Crippen LogP contribution >= 0.6 is 12.4 Å². The van der Waals surface area contributed by atoms with Crippen LogP contribution in [-0.2, 0) is 9.53 Å². The smallest absolute Gasteiger partial charge is 0.246 e. The van der Waals surface area contributed by atoms with Crippen molar-refractivity contribution in [3.63, 3.8) is 0 Å². The highest BCUT2D eigenvalue weighted by molar-refractivity contribution is 5.85. The number of rotatable bonds is 9. The van der Waals surface area contributed by atoms with Crippen LogP contribution in [0, 0.1) is 5.92 Å². The normalized spacial score (nSPS) is 16.1. The number of amides is 1. The van der Waals surface area contributed by atoms with Gasteiger partial charge in [-0.3, -0.25) is 4.79 Å². The largest absolute Gasteiger partial charge is 0.371 e. The zero-order valence-corrected chi connectivity index (χ0v) is 11.4. The molecule has 0 aromatic heterocycles. The number of hydrogen-bond donors (Lipinski definition) is 2. The molecule has 102 valence electrons. The Kier molecular flexibility index (Phi) is 9.50. The molecule has 1 atom stereocenters. The van der Waals surface area contributed by atoms with Crippen molar-refractivity contribution in [2.24, 2.45) is 11.7 Å². The molecule has 1 aliphatic carbocycles. The minimum Gasteiger partial charge on any atom is -0.371 e. The van der Waals surface area contributed by atoms with E-state index in [9.17, 15) is 4.79 Å². The summed E-state index contributed by atoms with van der Waals surface area (Å²) < 4.78 is 5.32. The lowest BCUT2D eigenvalue weighted by Crippen LogP contribution is -2.41. The molecular formula is C12H25ClN2O2. The summed E-state index contributed by atoms with van der Waals surface area (Å²) in [5, 5.41) is 2.91. The van der Waals surface area contributed by atoms with Gasteiger partial charge in [0, 0.05) is 12.6 Å². The Morgan fingerprint density at radius 2 is 2.24 bits per heavy atom. The second-order valence-corrected chi connectivity index (χ2v) is 4.60. The number of unbranched alkanes of at least 4 members (excludes halogenated alkanes) is 1. The average Bonchev–Trinajstić information content (AvgIpc) is 3.08. The van der Waals surface area contributed by atoms with Gasteiger partial charge in [0.25, 0.3) is 0 Å². The van der Waals surface area contributed by atoms with Gasteiger partial charge in [0.1, 0.15) is 6.61 Å². The summed E-state index contributed by atoms with van der Waals surface area (Å²) in [7, 11) is 0. The van der Waals surface area contributed by atoms with E-state index in [2.05, 4.69) is 12.2 Å². The number of nitrogens with two attached hydrogens (primary N) is 1. The molecule has 3 N–H and O–H groups in total. The van der Waals surface area contributed by atoms with Crippen molar-refractivity contribution in [1.82, 2.24) is 5.32 Å². The fourth-order valence-electron chi connectivity index (χ4n) is 1.57. The van der Waals surface area contributed by atoms with Crippen LogP contribution in [0.1, 0.15) is 39.0 Å². The molecule has 0 aliphatic heterocycles. The van der Waals surface area contributed by atoms with Crippen molar-refractivity contribution >= 4 is 18.3 Å². The van der Waals surface area contributed by atoms with E-state index in [4.69, 9.17) is 10.5 Å². The van der Waals surface area contributed by atoms with Crippen LogP contribution in [0.25, 0.3) is 0 Å². The van der Waals surface area contributed by atoms with Crippen LogP contribution in [0.3, 0.4) is 0 Å². The Balaban J connectivity index is 0.00000256. The lowest BCUT2D eigenvalue weighted by atomic mass is 10.1. The zero-order valence-electron chi connectivity index (χ0n) is 10.6. The van der Waals surface area contributed by atoms with Crippen LogP contribution < -0.4 is 11.1 Å². The van der Waals surface area contributed by atoms with Crippen LogP contribution in [0.15, 0.2) is 0 Å². The summed E-state index contributed by atoms with van der Waals surface area (Å²) in [5.41, 5.74) is 5.59. The van der Waals surface area contributed by atoms with Crippen molar-refractivity contribution < 1.29 is 9.53 Å². The third-order valence-corrected chi connectivity index (χ3v) is 2.84. The number of carbonyl (C=O) groups excluding carboxylic acids is 1. The monoisotopic (exact) mass is 264 g/mol. The van der Waals surface area contributed by atoms with Gasteiger partial charge in [-0.2, -0.15) is 0 Å². The third-order valence-electron chi connectivity index (χ3n) is 2.84. The van der Waals surface area contributed by atoms with Crippen LogP contribution in [0.4, 0.5) is 0 Å². The fraction of sp³-hybridized carbons (Fsp3) is 0.917. The molecule has 0 spiro atoms. The van der Waals surface area contributed by atoms with E-state index in [1.807, 2.05) is 0 Å². The van der Waals surface area contributed by atoms with Crippen molar-refractivity contribution in [3.05, 3.63) is 0 Å². The topological polar surface area (TPSA) is 64.3 Å². The van der Waals surface area contributed by atoms with Gasteiger partial charge in [-0.1, -0.05) is 19.8 Å². The van der Waals surface area contributed by atoms with Crippen LogP contribution in [0.5, 0.6) is 0 Å². The van der Waals surface area contributed by atoms with Gasteiger partial charge < -0.3 is 15.8 Å².